The van der Waals surface area contributed by atoms with Crippen LogP contribution in [-0.2, 0) is 0 Å². The molecule has 0 bridgehead atoms. The van der Waals surface area contributed by atoms with Gasteiger partial charge in [-0.15, -0.1) is 0 Å². The zero-order chi connectivity index (χ0) is 20.2. The summed E-state index contributed by atoms with van der Waals surface area (Å²) in [5, 5.41) is 3.91. The first kappa shape index (κ1) is 18.6. The predicted octanol–water partition coefficient (Wildman–Crippen LogP) is 4.74. The fraction of sp³-hybridized carbons (Fsp3) is 0.130. The second-order valence-corrected chi connectivity index (χ2v) is 6.57. The molecule has 29 heavy (non-hydrogen) atoms. The highest BCUT2D eigenvalue weighted by atomic mass is 16.1. The summed E-state index contributed by atoms with van der Waals surface area (Å²) in [6.45, 7) is 4.55. The van der Waals surface area contributed by atoms with Gasteiger partial charge in [0, 0.05) is 29.9 Å². The Morgan fingerprint density at radius 3 is 2.59 bits per heavy atom. The second-order valence-electron chi connectivity index (χ2n) is 6.57. The van der Waals surface area contributed by atoms with Crippen molar-refractivity contribution < 1.29 is 4.79 Å². The van der Waals surface area contributed by atoms with Gasteiger partial charge in [-0.3, -0.25) is 9.78 Å². The first-order valence-electron chi connectivity index (χ1n) is 9.49. The van der Waals surface area contributed by atoms with E-state index in [0.717, 1.165) is 23.1 Å². The van der Waals surface area contributed by atoms with Crippen LogP contribution in [0.15, 0.2) is 72.9 Å². The van der Waals surface area contributed by atoms with Crippen molar-refractivity contribution in [2.45, 2.75) is 13.8 Å². The lowest BCUT2D eigenvalue weighted by molar-refractivity contribution is 0.102. The third-order valence-electron chi connectivity index (χ3n) is 4.60. The molecule has 0 aliphatic carbocycles. The molecule has 4 aromatic rings. The van der Waals surface area contributed by atoms with E-state index in [0.29, 0.717) is 23.0 Å². The number of rotatable bonds is 5. The Bertz CT molecular complexity index is 1150. The third kappa shape index (κ3) is 3.91. The van der Waals surface area contributed by atoms with E-state index in [1.54, 1.807) is 19.2 Å². The van der Waals surface area contributed by atoms with Crippen LogP contribution >= 0.6 is 0 Å². The smallest absolute Gasteiger partial charge is 0.274 e. The number of para-hydroxylation sites is 2. The molecule has 0 aliphatic heterocycles. The van der Waals surface area contributed by atoms with Crippen LogP contribution in [0.2, 0.25) is 0 Å². The van der Waals surface area contributed by atoms with E-state index in [4.69, 9.17) is 0 Å². The average Bonchev–Trinajstić information content (AvgIpc) is 2.75. The van der Waals surface area contributed by atoms with Crippen LogP contribution in [0, 0.1) is 6.92 Å². The number of anilines is 3. The number of carbonyl (C=O) groups is 1. The molecule has 0 fully saturated rings. The summed E-state index contributed by atoms with van der Waals surface area (Å²) in [4.78, 5) is 28.3. The van der Waals surface area contributed by atoms with Crippen LogP contribution in [0.3, 0.4) is 0 Å². The molecule has 2 heterocycles. The van der Waals surface area contributed by atoms with Gasteiger partial charge in [0.15, 0.2) is 0 Å². The second kappa shape index (κ2) is 8.06. The molecule has 144 valence electrons. The van der Waals surface area contributed by atoms with Crippen molar-refractivity contribution in [3.8, 4) is 0 Å². The highest BCUT2D eigenvalue weighted by Crippen LogP contribution is 2.25. The minimum atomic E-state index is -0.293. The molecule has 2 aromatic heterocycles. The summed E-state index contributed by atoms with van der Waals surface area (Å²) in [6.07, 6.45) is 1.71. The highest BCUT2D eigenvalue weighted by Gasteiger charge is 2.16. The Kier molecular flexibility index (Phi) is 5.16. The van der Waals surface area contributed by atoms with Gasteiger partial charge < -0.3 is 10.2 Å². The minimum absolute atomic E-state index is 0.293. The largest absolute Gasteiger partial charge is 0.327 e. The number of pyridine rings is 1. The number of hydrogen-bond acceptors (Lipinski definition) is 5. The molecule has 0 atom stereocenters. The molecular formula is C23H21N5O. The van der Waals surface area contributed by atoms with Crippen LogP contribution in [0.1, 0.15) is 23.2 Å². The Balaban J connectivity index is 1.67. The molecule has 0 unspecified atom stereocenters. The van der Waals surface area contributed by atoms with Crippen LogP contribution in [0.25, 0.3) is 10.9 Å². The summed E-state index contributed by atoms with van der Waals surface area (Å²) in [5.74, 6) is 0.935. The number of hydrogen-bond donors (Lipinski definition) is 1. The van der Waals surface area contributed by atoms with Gasteiger partial charge in [-0.25, -0.2) is 9.97 Å². The highest BCUT2D eigenvalue weighted by molar-refractivity contribution is 6.07. The average molecular weight is 383 g/mol. The zero-order valence-corrected chi connectivity index (χ0v) is 16.3. The molecule has 2 aromatic carbocycles. The van der Waals surface area contributed by atoms with E-state index in [9.17, 15) is 4.79 Å². The Labute approximate surface area is 169 Å². The fourth-order valence-corrected chi connectivity index (χ4v) is 3.28. The summed E-state index contributed by atoms with van der Waals surface area (Å²) in [6, 6.07) is 21.2. The number of amides is 1. The fourth-order valence-electron chi connectivity index (χ4n) is 3.28. The molecule has 4 rings (SSSR count). The number of aromatic nitrogens is 3. The van der Waals surface area contributed by atoms with E-state index >= 15 is 0 Å². The molecule has 6 heteroatoms. The van der Waals surface area contributed by atoms with Gasteiger partial charge in [0.05, 0.1) is 11.2 Å². The maximum absolute atomic E-state index is 13.0. The molecular weight excluding hydrogens is 362 g/mol. The summed E-state index contributed by atoms with van der Waals surface area (Å²) in [5.41, 5.74) is 2.72. The van der Waals surface area contributed by atoms with Gasteiger partial charge in [-0.2, -0.15) is 0 Å². The quantitative estimate of drug-likeness (QED) is 0.539. The number of nitrogens with zero attached hydrogens (tertiary/aromatic N) is 4. The lowest BCUT2D eigenvalue weighted by atomic mass is 10.2. The normalized spacial score (nSPS) is 10.7. The van der Waals surface area contributed by atoms with Crippen molar-refractivity contribution in [2.75, 3.05) is 16.8 Å². The first-order chi connectivity index (χ1) is 14.2. The van der Waals surface area contributed by atoms with Crippen molar-refractivity contribution in [1.82, 2.24) is 15.0 Å². The Morgan fingerprint density at radius 2 is 1.79 bits per heavy atom. The van der Waals surface area contributed by atoms with Crippen LogP contribution in [0.4, 0.5) is 17.2 Å². The topological polar surface area (TPSA) is 71.0 Å². The molecule has 1 N–H and O–H groups in total. The standard InChI is InChI=1S/C23H21N5O/c1-3-28(18-11-5-4-6-12-18)21-15-20(25-16(2)26-21)23(29)27-19-13-7-9-17-10-8-14-24-22(17)19/h4-15H,3H2,1-2H3,(H,27,29). The molecule has 0 saturated carbocycles. The molecule has 0 spiro atoms. The number of benzene rings is 2. The lowest BCUT2D eigenvalue weighted by Crippen LogP contribution is -2.21. The van der Waals surface area contributed by atoms with E-state index in [2.05, 4.69) is 20.3 Å². The third-order valence-corrected chi connectivity index (χ3v) is 4.60. The monoisotopic (exact) mass is 383 g/mol. The molecule has 1 amide bonds. The maximum Gasteiger partial charge on any atom is 0.274 e. The Hall–Kier alpha value is -3.80. The molecule has 0 saturated heterocycles. The first-order valence-corrected chi connectivity index (χ1v) is 9.49. The lowest BCUT2D eigenvalue weighted by Gasteiger charge is -2.22. The number of fused-ring (bicyclic) bond motifs is 1. The van der Waals surface area contributed by atoms with E-state index in [1.807, 2.05) is 72.5 Å². The van der Waals surface area contributed by atoms with Crippen molar-refractivity contribution in [3.05, 3.63) is 84.4 Å². The van der Waals surface area contributed by atoms with Gasteiger partial charge in [0.25, 0.3) is 5.91 Å². The molecule has 6 nitrogen and oxygen atoms in total. The summed E-state index contributed by atoms with van der Waals surface area (Å²) < 4.78 is 0. The number of carbonyl (C=O) groups excluding carboxylic acids is 1. The van der Waals surface area contributed by atoms with Crippen LogP contribution in [-0.4, -0.2) is 27.4 Å². The van der Waals surface area contributed by atoms with Crippen molar-refractivity contribution in [2.24, 2.45) is 0 Å². The van der Waals surface area contributed by atoms with Gasteiger partial charge in [0.2, 0.25) is 0 Å². The van der Waals surface area contributed by atoms with Crippen molar-refractivity contribution >= 4 is 34.0 Å². The van der Waals surface area contributed by atoms with E-state index in [-0.39, 0.29) is 5.91 Å². The van der Waals surface area contributed by atoms with Gasteiger partial charge in [0.1, 0.15) is 17.3 Å². The van der Waals surface area contributed by atoms with E-state index < -0.39 is 0 Å². The number of nitrogens with one attached hydrogen (secondary N) is 1. The van der Waals surface area contributed by atoms with Gasteiger partial charge in [-0.05, 0) is 38.1 Å². The minimum Gasteiger partial charge on any atom is -0.327 e. The summed E-state index contributed by atoms with van der Waals surface area (Å²) in [7, 11) is 0. The van der Waals surface area contributed by atoms with Crippen LogP contribution < -0.4 is 10.2 Å². The SMILES string of the molecule is CCN(c1ccccc1)c1cc(C(=O)Nc2cccc3cccnc23)nc(C)n1. The molecule has 0 radical (unpaired) electrons. The van der Waals surface area contributed by atoms with Gasteiger partial charge in [-0.1, -0.05) is 36.4 Å². The van der Waals surface area contributed by atoms with Gasteiger partial charge >= 0.3 is 0 Å². The zero-order valence-electron chi connectivity index (χ0n) is 16.3. The maximum atomic E-state index is 13.0. The summed E-state index contributed by atoms with van der Waals surface area (Å²) >= 11 is 0. The Morgan fingerprint density at radius 1 is 1.00 bits per heavy atom. The van der Waals surface area contributed by atoms with E-state index in [1.165, 1.54) is 0 Å². The molecule has 0 aliphatic rings. The predicted molar refractivity (Wildman–Crippen MR) is 116 cm³/mol. The van der Waals surface area contributed by atoms with Crippen molar-refractivity contribution in [1.29, 1.82) is 0 Å². The van der Waals surface area contributed by atoms with Crippen LogP contribution in [0.5, 0.6) is 0 Å². The number of aryl methyl sites for hydroxylation is 1. The van der Waals surface area contributed by atoms with Crippen molar-refractivity contribution in [3.63, 3.8) is 0 Å².